The summed E-state index contributed by atoms with van der Waals surface area (Å²) < 4.78 is 7.37. The van der Waals surface area contributed by atoms with E-state index in [1.807, 2.05) is 44.2 Å². The summed E-state index contributed by atoms with van der Waals surface area (Å²) in [5, 5.41) is 5.28. The summed E-state index contributed by atoms with van der Waals surface area (Å²) in [5.74, 6) is 0.410. The molecule has 0 aliphatic heterocycles. The fourth-order valence-electron chi connectivity index (χ4n) is 2.57. The summed E-state index contributed by atoms with van der Waals surface area (Å²) in [6, 6.07) is 6.30. The maximum absolute atomic E-state index is 6.02. The number of nitrogen functional groups attached to an aromatic ring is 1. The normalized spacial score (nSPS) is 11.4. The van der Waals surface area contributed by atoms with Crippen LogP contribution < -0.4 is 10.6 Å². The van der Waals surface area contributed by atoms with Crippen molar-refractivity contribution in [2.75, 3.05) is 24.7 Å². The number of hydrogen-bond donors (Lipinski definition) is 1. The Labute approximate surface area is 131 Å². The lowest BCUT2D eigenvalue weighted by atomic mass is 10.1. The molecule has 23 heavy (non-hydrogen) atoms. The van der Waals surface area contributed by atoms with Gasteiger partial charge in [0.25, 0.3) is 6.01 Å². The number of benzene rings is 1. The highest BCUT2D eigenvalue weighted by Gasteiger charge is 2.17. The molecule has 0 atom stereocenters. The van der Waals surface area contributed by atoms with Gasteiger partial charge in [0.1, 0.15) is 23.4 Å². The molecular formula is C15H15N7O. The lowest BCUT2D eigenvalue weighted by molar-refractivity contribution is 0.597. The second kappa shape index (κ2) is 4.67. The topological polar surface area (TPSA) is 98.9 Å². The van der Waals surface area contributed by atoms with Crippen LogP contribution in [0.25, 0.3) is 33.4 Å². The number of fused-ring (bicyclic) bond motifs is 2. The molecule has 3 heterocycles. The van der Waals surface area contributed by atoms with Gasteiger partial charge in [0, 0.05) is 26.7 Å². The highest BCUT2D eigenvalue weighted by Crippen LogP contribution is 2.32. The standard InChI is InChI=1S/C15H15N7O/c1-21(2)15-19-9-6-8(4-5-10(9)23-15)12-11-13(16)17-7-18-14(11)22(3)20-12/h4-7H,1-3H3,(H2,16,17,18). The van der Waals surface area contributed by atoms with Crippen molar-refractivity contribution < 1.29 is 4.42 Å². The number of aromatic nitrogens is 5. The van der Waals surface area contributed by atoms with E-state index in [1.54, 1.807) is 4.68 Å². The van der Waals surface area contributed by atoms with Crippen molar-refractivity contribution in [3.05, 3.63) is 24.5 Å². The zero-order valence-electron chi connectivity index (χ0n) is 13.0. The van der Waals surface area contributed by atoms with Gasteiger partial charge in [-0.3, -0.25) is 0 Å². The zero-order chi connectivity index (χ0) is 16.1. The largest absolute Gasteiger partial charge is 0.423 e. The van der Waals surface area contributed by atoms with Crippen LogP contribution >= 0.6 is 0 Å². The average Bonchev–Trinajstić information content (AvgIpc) is 3.09. The average molecular weight is 309 g/mol. The van der Waals surface area contributed by atoms with Crippen molar-refractivity contribution in [2.24, 2.45) is 7.05 Å². The summed E-state index contributed by atoms with van der Waals surface area (Å²) >= 11 is 0. The summed E-state index contributed by atoms with van der Waals surface area (Å²) in [4.78, 5) is 14.6. The van der Waals surface area contributed by atoms with Crippen LogP contribution in [0.2, 0.25) is 0 Å². The first-order valence-corrected chi connectivity index (χ1v) is 7.06. The number of hydrogen-bond acceptors (Lipinski definition) is 7. The van der Waals surface area contributed by atoms with Crippen LogP contribution in [-0.2, 0) is 7.05 Å². The van der Waals surface area contributed by atoms with E-state index >= 15 is 0 Å². The van der Waals surface area contributed by atoms with Gasteiger partial charge in [0.05, 0.1) is 5.39 Å². The third-order valence-corrected chi connectivity index (χ3v) is 3.68. The fraction of sp³-hybridized carbons (Fsp3) is 0.200. The van der Waals surface area contributed by atoms with Crippen LogP contribution in [-0.4, -0.2) is 38.8 Å². The van der Waals surface area contributed by atoms with Crippen LogP contribution in [0.5, 0.6) is 0 Å². The minimum Gasteiger partial charge on any atom is -0.423 e. The Morgan fingerprint density at radius 1 is 1.22 bits per heavy atom. The van der Waals surface area contributed by atoms with Crippen molar-refractivity contribution in [1.82, 2.24) is 24.7 Å². The highest BCUT2D eigenvalue weighted by atomic mass is 16.4. The molecule has 3 aromatic heterocycles. The number of rotatable bonds is 2. The molecule has 0 radical (unpaired) electrons. The van der Waals surface area contributed by atoms with E-state index in [4.69, 9.17) is 10.2 Å². The summed E-state index contributed by atoms with van der Waals surface area (Å²) in [6.45, 7) is 0. The first-order chi connectivity index (χ1) is 11.0. The molecule has 8 heteroatoms. The monoisotopic (exact) mass is 309 g/mol. The van der Waals surface area contributed by atoms with Gasteiger partial charge in [0.2, 0.25) is 0 Å². The van der Waals surface area contributed by atoms with E-state index in [2.05, 4.69) is 20.1 Å². The van der Waals surface area contributed by atoms with Crippen LogP contribution in [0.1, 0.15) is 0 Å². The molecule has 116 valence electrons. The summed E-state index contributed by atoms with van der Waals surface area (Å²) in [7, 11) is 5.60. The molecule has 0 aliphatic carbocycles. The van der Waals surface area contributed by atoms with Gasteiger partial charge in [0.15, 0.2) is 11.2 Å². The zero-order valence-corrected chi connectivity index (χ0v) is 13.0. The fourth-order valence-corrected chi connectivity index (χ4v) is 2.57. The van der Waals surface area contributed by atoms with E-state index in [9.17, 15) is 0 Å². The minimum atomic E-state index is 0.410. The number of oxazole rings is 1. The number of aryl methyl sites for hydroxylation is 1. The Hall–Kier alpha value is -3.16. The lowest BCUT2D eigenvalue weighted by Gasteiger charge is -2.03. The van der Waals surface area contributed by atoms with E-state index in [-0.39, 0.29) is 0 Å². The maximum atomic E-state index is 6.02. The molecule has 1 aromatic carbocycles. The van der Waals surface area contributed by atoms with Gasteiger partial charge < -0.3 is 15.1 Å². The van der Waals surface area contributed by atoms with Crippen molar-refractivity contribution >= 4 is 34.0 Å². The predicted molar refractivity (Wildman–Crippen MR) is 88.0 cm³/mol. The molecule has 0 amide bonds. The molecule has 0 saturated carbocycles. The smallest absolute Gasteiger partial charge is 0.297 e. The van der Waals surface area contributed by atoms with E-state index in [0.717, 1.165) is 27.7 Å². The number of anilines is 2. The predicted octanol–water partition coefficient (Wildman–Crippen LogP) is 1.82. The van der Waals surface area contributed by atoms with Gasteiger partial charge in [-0.15, -0.1) is 0 Å². The SMILES string of the molecule is CN(C)c1nc2cc(-c3nn(C)c4ncnc(N)c34)ccc2o1. The van der Waals surface area contributed by atoms with Crippen molar-refractivity contribution in [3.8, 4) is 11.3 Å². The van der Waals surface area contributed by atoms with Gasteiger partial charge >= 0.3 is 0 Å². The van der Waals surface area contributed by atoms with E-state index in [1.165, 1.54) is 6.33 Å². The molecule has 0 bridgehead atoms. The molecule has 4 rings (SSSR count). The van der Waals surface area contributed by atoms with Crippen LogP contribution in [0.3, 0.4) is 0 Å². The first kappa shape index (κ1) is 13.5. The molecule has 8 nitrogen and oxygen atoms in total. The van der Waals surface area contributed by atoms with E-state index < -0.39 is 0 Å². The van der Waals surface area contributed by atoms with Crippen LogP contribution in [0.4, 0.5) is 11.8 Å². The molecule has 0 saturated heterocycles. The van der Waals surface area contributed by atoms with Crippen molar-refractivity contribution in [3.63, 3.8) is 0 Å². The second-order valence-corrected chi connectivity index (χ2v) is 5.50. The number of nitrogens with zero attached hydrogens (tertiary/aromatic N) is 6. The highest BCUT2D eigenvalue weighted by molar-refractivity contribution is 5.99. The summed E-state index contributed by atoms with van der Waals surface area (Å²) in [6.07, 6.45) is 1.44. The lowest BCUT2D eigenvalue weighted by Crippen LogP contribution is -2.08. The Kier molecular flexibility index (Phi) is 2.74. The van der Waals surface area contributed by atoms with E-state index in [0.29, 0.717) is 17.5 Å². The van der Waals surface area contributed by atoms with Gasteiger partial charge in [-0.25, -0.2) is 14.6 Å². The quantitative estimate of drug-likeness (QED) is 0.603. The van der Waals surface area contributed by atoms with Gasteiger partial charge in [-0.05, 0) is 18.2 Å². The van der Waals surface area contributed by atoms with Crippen LogP contribution in [0, 0.1) is 0 Å². The minimum absolute atomic E-state index is 0.410. The molecule has 0 aliphatic rings. The van der Waals surface area contributed by atoms with Gasteiger partial charge in [-0.1, -0.05) is 0 Å². The Bertz CT molecular complexity index is 1030. The van der Waals surface area contributed by atoms with Crippen LogP contribution in [0.15, 0.2) is 28.9 Å². The Morgan fingerprint density at radius 3 is 2.83 bits per heavy atom. The second-order valence-electron chi connectivity index (χ2n) is 5.50. The Balaban J connectivity index is 1.95. The molecule has 0 fully saturated rings. The summed E-state index contributed by atoms with van der Waals surface area (Å²) in [5.41, 5.74) is 9.83. The first-order valence-electron chi connectivity index (χ1n) is 7.06. The van der Waals surface area contributed by atoms with Crippen molar-refractivity contribution in [2.45, 2.75) is 0 Å². The maximum Gasteiger partial charge on any atom is 0.297 e. The molecular weight excluding hydrogens is 294 g/mol. The number of nitrogens with two attached hydrogens (primary N) is 1. The molecule has 0 unspecified atom stereocenters. The third kappa shape index (κ3) is 1.99. The molecule has 0 spiro atoms. The Morgan fingerprint density at radius 2 is 2.04 bits per heavy atom. The van der Waals surface area contributed by atoms with Crippen molar-refractivity contribution in [1.29, 1.82) is 0 Å². The molecule has 2 N–H and O–H groups in total. The third-order valence-electron chi connectivity index (χ3n) is 3.68. The van der Waals surface area contributed by atoms with Gasteiger partial charge in [-0.2, -0.15) is 10.1 Å². The molecule has 4 aromatic rings.